The van der Waals surface area contributed by atoms with Crippen LogP contribution in [0.4, 0.5) is 21.0 Å². The molecule has 0 radical (unpaired) electrons. The van der Waals surface area contributed by atoms with Gasteiger partial charge in [0.1, 0.15) is 11.5 Å². The normalized spacial score (nSPS) is 14.2. The average Bonchev–Trinajstić information content (AvgIpc) is 2.79. The first-order chi connectivity index (χ1) is 15.4. The summed E-state index contributed by atoms with van der Waals surface area (Å²) in [5.74, 6) is 0.861. The Hall–Kier alpha value is -3.42. The number of hydrogen-bond acceptors (Lipinski definition) is 6. The second-order valence-electron chi connectivity index (χ2n) is 8.53. The van der Waals surface area contributed by atoms with Crippen molar-refractivity contribution >= 4 is 23.6 Å². The minimum absolute atomic E-state index is 0.430. The fourth-order valence-corrected chi connectivity index (χ4v) is 4.10. The number of nitrogens with zero attached hydrogens (tertiary/aromatic N) is 2. The van der Waals surface area contributed by atoms with E-state index in [1.165, 1.54) is 9.80 Å². The second-order valence-corrected chi connectivity index (χ2v) is 8.53. The number of benzene rings is 2. The Balaban J connectivity index is 1.96. The topological polar surface area (TPSA) is 83.1 Å². The number of fused-ring (bicyclic) bond motifs is 2. The van der Waals surface area contributed by atoms with Gasteiger partial charge in [-0.1, -0.05) is 12.1 Å². The largest absolute Gasteiger partial charge is 0.414 e. The Labute approximate surface area is 188 Å². The maximum atomic E-state index is 12.5. The summed E-state index contributed by atoms with van der Waals surface area (Å²) in [6.07, 6.45) is 2.96. The molecule has 0 saturated heterocycles. The van der Waals surface area contributed by atoms with Crippen molar-refractivity contribution in [1.29, 1.82) is 0 Å². The lowest BCUT2D eigenvalue weighted by molar-refractivity contribution is 0.170. The SMILES string of the molecule is CN(C)C(=O)Oc1ccc2c(c1-c1c(OC(=O)N(C)C)ccc3c1NCCC3)NCCC2. The average molecular weight is 439 g/mol. The Morgan fingerprint density at radius 3 is 1.50 bits per heavy atom. The van der Waals surface area contributed by atoms with Crippen LogP contribution >= 0.6 is 0 Å². The van der Waals surface area contributed by atoms with Crippen LogP contribution in [0.2, 0.25) is 0 Å². The van der Waals surface area contributed by atoms with Crippen molar-refractivity contribution in [2.45, 2.75) is 25.7 Å². The van der Waals surface area contributed by atoms with E-state index >= 15 is 0 Å². The van der Waals surface area contributed by atoms with Crippen LogP contribution in [0.3, 0.4) is 0 Å². The van der Waals surface area contributed by atoms with Gasteiger partial charge < -0.3 is 29.9 Å². The van der Waals surface area contributed by atoms with Gasteiger partial charge in [0, 0.05) is 52.7 Å². The van der Waals surface area contributed by atoms with Gasteiger partial charge in [0.05, 0.1) is 11.1 Å². The smallest absolute Gasteiger partial charge is 0.409 e. The number of carbonyl (C=O) groups excluding carboxylic acids is 2. The van der Waals surface area contributed by atoms with Gasteiger partial charge in [-0.2, -0.15) is 0 Å². The number of amides is 2. The van der Waals surface area contributed by atoms with E-state index in [2.05, 4.69) is 10.6 Å². The van der Waals surface area contributed by atoms with Crippen LogP contribution in [-0.2, 0) is 12.8 Å². The summed E-state index contributed by atoms with van der Waals surface area (Å²) in [5, 5.41) is 7.00. The number of rotatable bonds is 3. The number of hydrogen-bond donors (Lipinski definition) is 2. The number of nitrogens with one attached hydrogen (secondary N) is 2. The zero-order chi connectivity index (χ0) is 22.8. The van der Waals surface area contributed by atoms with Gasteiger partial charge in [0.2, 0.25) is 0 Å². The lowest BCUT2D eigenvalue weighted by atomic mass is 9.89. The maximum Gasteiger partial charge on any atom is 0.414 e. The monoisotopic (exact) mass is 438 g/mol. The van der Waals surface area contributed by atoms with E-state index in [1.54, 1.807) is 28.2 Å². The highest BCUT2D eigenvalue weighted by Gasteiger charge is 2.28. The summed E-state index contributed by atoms with van der Waals surface area (Å²) in [5.41, 5.74) is 5.62. The first-order valence-electron chi connectivity index (χ1n) is 10.9. The first kappa shape index (κ1) is 21.8. The molecule has 0 spiro atoms. The molecule has 32 heavy (non-hydrogen) atoms. The van der Waals surface area contributed by atoms with Gasteiger partial charge in [-0.15, -0.1) is 0 Å². The quantitative estimate of drug-likeness (QED) is 0.748. The van der Waals surface area contributed by atoms with Crippen molar-refractivity contribution in [2.75, 3.05) is 51.9 Å². The molecule has 2 N–H and O–H groups in total. The highest BCUT2D eigenvalue weighted by molar-refractivity contribution is 5.98. The van der Waals surface area contributed by atoms with Gasteiger partial charge in [0.15, 0.2) is 0 Å². The van der Waals surface area contributed by atoms with E-state index in [0.29, 0.717) is 11.5 Å². The molecule has 0 saturated carbocycles. The molecule has 2 aromatic rings. The molecule has 0 fully saturated rings. The standard InChI is InChI=1S/C24H30N4O4/c1-27(2)23(29)31-17-11-9-15-7-5-13-25-21(15)19(17)20-18(32-24(30)28(3)4)12-10-16-8-6-14-26-22(16)20/h9-12,25-26H,5-8,13-14H2,1-4H3. The van der Waals surface area contributed by atoms with Crippen LogP contribution in [0.15, 0.2) is 24.3 Å². The van der Waals surface area contributed by atoms with Gasteiger partial charge in [0.25, 0.3) is 0 Å². The number of aryl methyl sites for hydroxylation is 2. The molecule has 0 unspecified atom stereocenters. The third-order valence-corrected chi connectivity index (χ3v) is 5.73. The highest BCUT2D eigenvalue weighted by atomic mass is 16.6. The Kier molecular flexibility index (Phi) is 6.12. The summed E-state index contributed by atoms with van der Waals surface area (Å²) in [6, 6.07) is 7.67. The van der Waals surface area contributed by atoms with Crippen molar-refractivity contribution < 1.29 is 19.1 Å². The van der Waals surface area contributed by atoms with Gasteiger partial charge in [-0.25, -0.2) is 9.59 Å². The lowest BCUT2D eigenvalue weighted by Crippen LogP contribution is -2.27. The van der Waals surface area contributed by atoms with Crippen molar-refractivity contribution in [1.82, 2.24) is 9.80 Å². The van der Waals surface area contributed by atoms with E-state index in [4.69, 9.17) is 9.47 Å². The van der Waals surface area contributed by atoms with E-state index in [1.807, 2.05) is 24.3 Å². The number of anilines is 2. The maximum absolute atomic E-state index is 12.5. The van der Waals surface area contributed by atoms with Crippen molar-refractivity contribution in [3.63, 3.8) is 0 Å². The van der Waals surface area contributed by atoms with Crippen LogP contribution < -0.4 is 20.1 Å². The first-order valence-corrected chi connectivity index (χ1v) is 10.9. The van der Waals surface area contributed by atoms with Crippen LogP contribution in [0, 0.1) is 0 Å². The molecule has 0 bridgehead atoms. The van der Waals surface area contributed by atoms with Gasteiger partial charge in [-0.05, 0) is 48.9 Å². The van der Waals surface area contributed by atoms with E-state index < -0.39 is 12.2 Å². The van der Waals surface area contributed by atoms with Crippen LogP contribution in [0.1, 0.15) is 24.0 Å². The summed E-state index contributed by atoms with van der Waals surface area (Å²) in [7, 11) is 6.59. The highest BCUT2D eigenvalue weighted by Crippen LogP contribution is 2.50. The second kappa shape index (κ2) is 8.98. The zero-order valence-corrected chi connectivity index (χ0v) is 19.1. The van der Waals surface area contributed by atoms with Crippen molar-refractivity contribution in [3.8, 4) is 22.6 Å². The molecule has 2 amide bonds. The molecule has 0 atom stereocenters. The van der Waals surface area contributed by atoms with Crippen molar-refractivity contribution in [3.05, 3.63) is 35.4 Å². The van der Waals surface area contributed by atoms with E-state index in [0.717, 1.165) is 72.4 Å². The van der Waals surface area contributed by atoms with E-state index in [9.17, 15) is 9.59 Å². The summed E-state index contributed by atoms with van der Waals surface area (Å²) in [6.45, 7) is 1.64. The molecule has 170 valence electrons. The fourth-order valence-electron chi connectivity index (χ4n) is 4.10. The molecule has 4 rings (SSSR count). The molecule has 2 aromatic carbocycles. The van der Waals surface area contributed by atoms with Crippen LogP contribution in [0.25, 0.3) is 11.1 Å². The molecule has 2 aliphatic heterocycles. The molecular formula is C24H30N4O4. The van der Waals surface area contributed by atoms with Crippen molar-refractivity contribution in [2.24, 2.45) is 0 Å². The minimum atomic E-state index is -0.466. The summed E-state index contributed by atoms with van der Waals surface area (Å²) in [4.78, 5) is 27.7. The van der Waals surface area contributed by atoms with Crippen LogP contribution in [-0.4, -0.2) is 63.3 Å². The molecule has 2 heterocycles. The molecule has 0 aliphatic carbocycles. The fraction of sp³-hybridized carbons (Fsp3) is 0.417. The molecule has 2 aliphatic rings. The van der Waals surface area contributed by atoms with Gasteiger partial charge >= 0.3 is 12.2 Å². The minimum Gasteiger partial charge on any atom is -0.409 e. The molecule has 0 aromatic heterocycles. The summed E-state index contributed by atoms with van der Waals surface area (Å²) < 4.78 is 11.6. The predicted molar refractivity (Wildman–Crippen MR) is 125 cm³/mol. The molecule has 8 heteroatoms. The van der Waals surface area contributed by atoms with Gasteiger partial charge in [-0.3, -0.25) is 0 Å². The predicted octanol–water partition coefficient (Wildman–Crippen LogP) is 4.19. The number of ether oxygens (including phenoxy) is 2. The zero-order valence-electron chi connectivity index (χ0n) is 19.1. The Morgan fingerprint density at radius 1 is 0.719 bits per heavy atom. The Bertz CT molecular complexity index is 965. The van der Waals surface area contributed by atoms with Crippen LogP contribution in [0.5, 0.6) is 11.5 Å². The number of carbonyl (C=O) groups is 2. The van der Waals surface area contributed by atoms with E-state index in [-0.39, 0.29) is 0 Å². The summed E-state index contributed by atoms with van der Waals surface area (Å²) >= 11 is 0. The Morgan fingerprint density at radius 2 is 1.12 bits per heavy atom. The lowest BCUT2D eigenvalue weighted by Gasteiger charge is -2.28. The molecule has 8 nitrogen and oxygen atoms in total. The molecular weight excluding hydrogens is 408 g/mol. The third kappa shape index (κ3) is 4.17. The third-order valence-electron chi connectivity index (χ3n) is 5.73.